The van der Waals surface area contributed by atoms with Crippen molar-refractivity contribution in [1.82, 2.24) is 9.88 Å². The second-order valence-electron chi connectivity index (χ2n) is 4.14. The van der Waals surface area contributed by atoms with E-state index >= 15 is 0 Å². The van der Waals surface area contributed by atoms with Crippen molar-refractivity contribution >= 4 is 5.82 Å². The van der Waals surface area contributed by atoms with Crippen molar-refractivity contribution in [2.24, 2.45) is 5.92 Å². The second-order valence-corrected chi connectivity index (χ2v) is 4.14. The zero-order valence-electron chi connectivity index (χ0n) is 9.20. The predicted octanol–water partition coefficient (Wildman–Crippen LogP) is 1.75. The molecule has 78 valence electrons. The molecule has 0 fully saturated rings. The van der Waals surface area contributed by atoms with Gasteiger partial charge in [-0.3, -0.25) is 0 Å². The summed E-state index contributed by atoms with van der Waals surface area (Å²) in [5.74, 6) is 1.32. The molecule has 2 N–H and O–H groups in total. The van der Waals surface area contributed by atoms with Crippen LogP contribution in [0.1, 0.15) is 19.4 Å². The van der Waals surface area contributed by atoms with E-state index in [1.165, 1.54) is 0 Å². The standard InChI is InChI=1S/C11H19N3/c1-9(2)7-14(3)8-10-5-4-6-13-11(10)12/h4-6,9H,7-8H2,1-3H3,(H2,12,13). The predicted molar refractivity (Wildman–Crippen MR) is 59.8 cm³/mol. The molecule has 0 saturated heterocycles. The summed E-state index contributed by atoms with van der Waals surface area (Å²) in [6.07, 6.45) is 1.72. The first-order valence-electron chi connectivity index (χ1n) is 4.97. The van der Waals surface area contributed by atoms with E-state index in [1.54, 1.807) is 6.20 Å². The molecule has 0 atom stereocenters. The van der Waals surface area contributed by atoms with E-state index in [0.717, 1.165) is 18.7 Å². The number of pyridine rings is 1. The van der Waals surface area contributed by atoms with Crippen molar-refractivity contribution in [2.75, 3.05) is 19.3 Å². The Morgan fingerprint density at radius 1 is 1.50 bits per heavy atom. The maximum atomic E-state index is 5.76. The molecule has 0 unspecified atom stereocenters. The van der Waals surface area contributed by atoms with E-state index in [-0.39, 0.29) is 0 Å². The fraction of sp³-hybridized carbons (Fsp3) is 0.545. The SMILES string of the molecule is CC(C)CN(C)Cc1cccnc1N. The molecule has 1 aromatic heterocycles. The first-order valence-corrected chi connectivity index (χ1v) is 4.97. The van der Waals surface area contributed by atoms with Gasteiger partial charge in [-0.15, -0.1) is 0 Å². The van der Waals surface area contributed by atoms with Crippen molar-refractivity contribution in [3.05, 3.63) is 23.9 Å². The molecule has 0 bridgehead atoms. The normalized spacial score (nSPS) is 11.2. The highest BCUT2D eigenvalue weighted by molar-refractivity contribution is 5.38. The van der Waals surface area contributed by atoms with E-state index in [0.29, 0.717) is 11.7 Å². The second kappa shape index (κ2) is 4.96. The lowest BCUT2D eigenvalue weighted by molar-refractivity contribution is 0.288. The maximum Gasteiger partial charge on any atom is 0.127 e. The quantitative estimate of drug-likeness (QED) is 0.792. The van der Waals surface area contributed by atoms with Gasteiger partial charge in [0, 0.05) is 24.8 Å². The third kappa shape index (κ3) is 3.34. The van der Waals surface area contributed by atoms with E-state index in [9.17, 15) is 0 Å². The fourth-order valence-electron chi connectivity index (χ4n) is 1.56. The Hall–Kier alpha value is -1.09. The highest BCUT2D eigenvalue weighted by atomic mass is 15.1. The van der Waals surface area contributed by atoms with Gasteiger partial charge in [0.05, 0.1) is 0 Å². The third-order valence-corrected chi connectivity index (χ3v) is 2.04. The summed E-state index contributed by atoms with van der Waals surface area (Å²) in [5.41, 5.74) is 6.87. The summed E-state index contributed by atoms with van der Waals surface area (Å²) in [6.45, 7) is 6.37. The molecule has 0 aliphatic carbocycles. The minimum absolute atomic E-state index is 0.642. The average molecular weight is 193 g/mol. The smallest absolute Gasteiger partial charge is 0.127 e. The zero-order valence-corrected chi connectivity index (χ0v) is 9.20. The number of rotatable bonds is 4. The first kappa shape index (κ1) is 11.0. The summed E-state index contributed by atoms with van der Waals surface area (Å²) in [5, 5.41) is 0. The molecule has 0 amide bonds. The average Bonchev–Trinajstić information content (AvgIpc) is 2.07. The number of aromatic nitrogens is 1. The van der Waals surface area contributed by atoms with Gasteiger partial charge in [0.25, 0.3) is 0 Å². The molecule has 3 heteroatoms. The lowest BCUT2D eigenvalue weighted by Crippen LogP contribution is -2.23. The summed E-state index contributed by atoms with van der Waals surface area (Å²) in [7, 11) is 2.10. The van der Waals surface area contributed by atoms with Crippen LogP contribution in [0, 0.1) is 5.92 Å². The van der Waals surface area contributed by atoms with Crippen molar-refractivity contribution in [3.63, 3.8) is 0 Å². The number of hydrogen-bond acceptors (Lipinski definition) is 3. The van der Waals surface area contributed by atoms with E-state index in [2.05, 4.69) is 30.8 Å². The molecule has 1 heterocycles. The molecule has 0 spiro atoms. The number of anilines is 1. The lowest BCUT2D eigenvalue weighted by Gasteiger charge is -2.19. The van der Waals surface area contributed by atoms with Gasteiger partial charge >= 0.3 is 0 Å². The highest BCUT2D eigenvalue weighted by Crippen LogP contribution is 2.10. The summed E-state index contributed by atoms with van der Waals surface area (Å²) in [6, 6.07) is 3.95. The Kier molecular flexibility index (Phi) is 3.89. The van der Waals surface area contributed by atoms with E-state index in [4.69, 9.17) is 5.73 Å². The molecule has 0 aromatic carbocycles. The number of nitrogens with zero attached hydrogens (tertiary/aromatic N) is 2. The fourth-order valence-corrected chi connectivity index (χ4v) is 1.56. The van der Waals surface area contributed by atoms with Gasteiger partial charge < -0.3 is 10.6 Å². The van der Waals surface area contributed by atoms with Crippen molar-refractivity contribution in [3.8, 4) is 0 Å². The van der Waals surface area contributed by atoms with Crippen LogP contribution in [-0.2, 0) is 6.54 Å². The molecule has 0 aliphatic heterocycles. The van der Waals surface area contributed by atoms with Crippen LogP contribution in [0.3, 0.4) is 0 Å². The minimum Gasteiger partial charge on any atom is -0.383 e. The van der Waals surface area contributed by atoms with Crippen molar-refractivity contribution < 1.29 is 0 Å². The summed E-state index contributed by atoms with van der Waals surface area (Å²) >= 11 is 0. The van der Waals surface area contributed by atoms with Gasteiger partial charge in [0.15, 0.2) is 0 Å². The van der Waals surface area contributed by atoms with Gasteiger partial charge in [-0.2, -0.15) is 0 Å². The number of hydrogen-bond donors (Lipinski definition) is 1. The molecule has 0 saturated carbocycles. The van der Waals surface area contributed by atoms with Crippen molar-refractivity contribution in [1.29, 1.82) is 0 Å². The van der Waals surface area contributed by atoms with Crippen LogP contribution >= 0.6 is 0 Å². The zero-order chi connectivity index (χ0) is 10.6. The molecule has 1 rings (SSSR count). The lowest BCUT2D eigenvalue weighted by atomic mass is 10.2. The molecule has 1 aromatic rings. The van der Waals surface area contributed by atoms with Crippen LogP contribution < -0.4 is 5.73 Å². The largest absolute Gasteiger partial charge is 0.383 e. The molecule has 3 nitrogen and oxygen atoms in total. The van der Waals surface area contributed by atoms with Crippen LogP contribution in [-0.4, -0.2) is 23.5 Å². The van der Waals surface area contributed by atoms with E-state index in [1.807, 2.05) is 12.1 Å². The van der Waals surface area contributed by atoms with Gasteiger partial charge in [-0.1, -0.05) is 19.9 Å². The molecule has 0 radical (unpaired) electrons. The van der Waals surface area contributed by atoms with Gasteiger partial charge in [0.2, 0.25) is 0 Å². The number of nitrogens with two attached hydrogens (primary N) is 1. The van der Waals surface area contributed by atoms with Crippen LogP contribution in [0.15, 0.2) is 18.3 Å². The Morgan fingerprint density at radius 2 is 2.21 bits per heavy atom. The van der Waals surface area contributed by atoms with Gasteiger partial charge in [-0.25, -0.2) is 4.98 Å². The van der Waals surface area contributed by atoms with Gasteiger partial charge in [0.1, 0.15) is 5.82 Å². The summed E-state index contributed by atoms with van der Waals surface area (Å²) < 4.78 is 0. The van der Waals surface area contributed by atoms with Crippen LogP contribution in [0.4, 0.5) is 5.82 Å². The molecular formula is C11H19N3. The van der Waals surface area contributed by atoms with Crippen LogP contribution in [0.2, 0.25) is 0 Å². The monoisotopic (exact) mass is 193 g/mol. The molecule has 14 heavy (non-hydrogen) atoms. The van der Waals surface area contributed by atoms with Crippen LogP contribution in [0.5, 0.6) is 0 Å². The van der Waals surface area contributed by atoms with Crippen molar-refractivity contribution in [2.45, 2.75) is 20.4 Å². The maximum absolute atomic E-state index is 5.76. The Morgan fingerprint density at radius 3 is 2.79 bits per heavy atom. The molecule has 0 aliphatic rings. The molecular weight excluding hydrogens is 174 g/mol. The first-order chi connectivity index (χ1) is 6.59. The highest BCUT2D eigenvalue weighted by Gasteiger charge is 2.05. The Balaban J connectivity index is 2.56. The van der Waals surface area contributed by atoms with E-state index < -0.39 is 0 Å². The Bertz CT molecular complexity index is 284. The Labute approximate surface area is 85.9 Å². The third-order valence-electron chi connectivity index (χ3n) is 2.04. The number of nitrogen functional groups attached to an aromatic ring is 1. The summed E-state index contributed by atoms with van der Waals surface area (Å²) in [4.78, 5) is 6.32. The van der Waals surface area contributed by atoms with Gasteiger partial charge in [-0.05, 0) is 19.0 Å². The minimum atomic E-state index is 0.642. The topological polar surface area (TPSA) is 42.2 Å². The van der Waals surface area contributed by atoms with Crippen LogP contribution in [0.25, 0.3) is 0 Å².